The standard InChI is InChI=1S/C17H17N5O3/c1-12-3-5-13(6-4-12)22(17(18)24)20-16(23)15-8-7-14(25-15)11-21-10-2-9-19-21/h2-10H,11H2,1H3,(H2,18,24)(H,20,23). The summed E-state index contributed by atoms with van der Waals surface area (Å²) < 4.78 is 7.17. The summed E-state index contributed by atoms with van der Waals surface area (Å²) in [5, 5.41) is 5.04. The number of nitrogens with two attached hydrogens (primary N) is 1. The van der Waals surface area contributed by atoms with Crippen molar-refractivity contribution in [3.8, 4) is 0 Å². The second kappa shape index (κ2) is 6.91. The van der Waals surface area contributed by atoms with Crippen LogP contribution in [0.2, 0.25) is 0 Å². The lowest BCUT2D eigenvalue weighted by Crippen LogP contribution is -2.49. The van der Waals surface area contributed by atoms with E-state index >= 15 is 0 Å². The number of rotatable bonds is 4. The molecule has 8 heteroatoms. The van der Waals surface area contributed by atoms with Crippen molar-refractivity contribution < 1.29 is 14.0 Å². The van der Waals surface area contributed by atoms with Gasteiger partial charge in [0.05, 0.1) is 12.2 Å². The first kappa shape index (κ1) is 16.3. The fraction of sp³-hybridized carbons (Fsp3) is 0.118. The Labute approximate surface area is 143 Å². The highest BCUT2D eigenvalue weighted by molar-refractivity contribution is 5.99. The van der Waals surface area contributed by atoms with Gasteiger partial charge in [-0.1, -0.05) is 17.7 Å². The molecular formula is C17H17N5O3. The van der Waals surface area contributed by atoms with Crippen molar-refractivity contribution in [3.63, 3.8) is 0 Å². The Morgan fingerprint density at radius 3 is 2.64 bits per heavy atom. The van der Waals surface area contributed by atoms with Crippen molar-refractivity contribution in [3.05, 3.63) is 71.9 Å². The van der Waals surface area contributed by atoms with Crippen molar-refractivity contribution in [2.24, 2.45) is 5.73 Å². The Kier molecular flexibility index (Phi) is 4.51. The van der Waals surface area contributed by atoms with E-state index in [0.717, 1.165) is 10.6 Å². The van der Waals surface area contributed by atoms with E-state index in [4.69, 9.17) is 10.2 Å². The SMILES string of the molecule is Cc1ccc(N(NC(=O)c2ccc(Cn3cccn3)o2)C(N)=O)cc1. The summed E-state index contributed by atoms with van der Waals surface area (Å²) in [4.78, 5) is 24.0. The van der Waals surface area contributed by atoms with Gasteiger partial charge < -0.3 is 10.2 Å². The Hall–Kier alpha value is -3.55. The molecule has 0 aliphatic carbocycles. The van der Waals surface area contributed by atoms with Crippen molar-refractivity contribution in [2.45, 2.75) is 13.5 Å². The number of anilines is 1. The van der Waals surface area contributed by atoms with E-state index in [9.17, 15) is 9.59 Å². The first-order chi connectivity index (χ1) is 12.0. The molecule has 0 saturated heterocycles. The molecule has 3 aromatic rings. The molecule has 128 valence electrons. The van der Waals surface area contributed by atoms with Gasteiger partial charge in [0.1, 0.15) is 5.76 Å². The van der Waals surface area contributed by atoms with Crippen LogP contribution in [-0.4, -0.2) is 21.7 Å². The normalized spacial score (nSPS) is 10.4. The molecule has 0 unspecified atom stereocenters. The van der Waals surface area contributed by atoms with Crippen LogP contribution in [0.3, 0.4) is 0 Å². The second-order valence-corrected chi connectivity index (χ2v) is 5.42. The molecule has 25 heavy (non-hydrogen) atoms. The fourth-order valence-electron chi connectivity index (χ4n) is 2.24. The molecule has 0 bridgehead atoms. The summed E-state index contributed by atoms with van der Waals surface area (Å²) in [6, 6.07) is 11.2. The molecule has 2 aromatic heterocycles. The molecule has 2 heterocycles. The Morgan fingerprint density at radius 1 is 1.24 bits per heavy atom. The molecule has 0 atom stereocenters. The van der Waals surface area contributed by atoms with Crippen LogP contribution in [-0.2, 0) is 6.54 Å². The van der Waals surface area contributed by atoms with Gasteiger partial charge >= 0.3 is 11.9 Å². The Balaban J connectivity index is 1.72. The first-order valence-electron chi connectivity index (χ1n) is 7.56. The van der Waals surface area contributed by atoms with E-state index in [1.807, 2.05) is 19.1 Å². The van der Waals surface area contributed by atoms with Gasteiger partial charge in [-0.2, -0.15) is 5.10 Å². The van der Waals surface area contributed by atoms with Gasteiger partial charge in [-0.25, -0.2) is 9.80 Å². The Morgan fingerprint density at radius 2 is 2.00 bits per heavy atom. The highest BCUT2D eigenvalue weighted by atomic mass is 16.4. The lowest BCUT2D eigenvalue weighted by atomic mass is 10.2. The minimum absolute atomic E-state index is 0.0699. The molecule has 0 spiro atoms. The zero-order chi connectivity index (χ0) is 17.8. The topological polar surface area (TPSA) is 106 Å². The van der Waals surface area contributed by atoms with Gasteiger partial charge in [0.15, 0.2) is 5.76 Å². The van der Waals surface area contributed by atoms with Gasteiger partial charge in [0.2, 0.25) is 0 Å². The summed E-state index contributed by atoms with van der Waals surface area (Å²) >= 11 is 0. The molecule has 3 amide bonds. The zero-order valence-corrected chi connectivity index (χ0v) is 13.5. The van der Waals surface area contributed by atoms with Crippen LogP contribution in [0.4, 0.5) is 10.5 Å². The zero-order valence-electron chi connectivity index (χ0n) is 13.5. The maximum Gasteiger partial charge on any atom is 0.338 e. The van der Waals surface area contributed by atoms with E-state index in [1.54, 1.807) is 41.3 Å². The number of aryl methyl sites for hydroxylation is 1. The number of furan rings is 1. The van der Waals surface area contributed by atoms with Crippen LogP contribution in [0.15, 0.2) is 59.3 Å². The third-order valence-corrected chi connectivity index (χ3v) is 3.49. The molecule has 3 rings (SSSR count). The molecule has 0 radical (unpaired) electrons. The molecule has 3 N–H and O–H groups in total. The number of carbonyl (C=O) groups excluding carboxylic acids is 2. The number of benzene rings is 1. The van der Waals surface area contributed by atoms with Crippen LogP contribution < -0.4 is 16.2 Å². The van der Waals surface area contributed by atoms with Crippen molar-refractivity contribution in [1.29, 1.82) is 0 Å². The van der Waals surface area contributed by atoms with Crippen LogP contribution >= 0.6 is 0 Å². The third kappa shape index (κ3) is 3.86. The smallest absolute Gasteiger partial charge is 0.338 e. The number of hydrazine groups is 1. The molecule has 0 saturated carbocycles. The van der Waals surface area contributed by atoms with E-state index < -0.39 is 11.9 Å². The minimum atomic E-state index is -0.805. The molecule has 1 aromatic carbocycles. The van der Waals surface area contributed by atoms with E-state index in [-0.39, 0.29) is 5.76 Å². The average molecular weight is 339 g/mol. The van der Waals surface area contributed by atoms with Gasteiger partial charge in [0.25, 0.3) is 0 Å². The molecule has 0 fully saturated rings. The number of hydrogen-bond acceptors (Lipinski definition) is 4. The second-order valence-electron chi connectivity index (χ2n) is 5.42. The molecule has 0 aliphatic heterocycles. The van der Waals surface area contributed by atoms with Crippen LogP contribution in [0.5, 0.6) is 0 Å². The van der Waals surface area contributed by atoms with E-state index in [1.165, 1.54) is 6.07 Å². The van der Waals surface area contributed by atoms with Crippen molar-refractivity contribution in [1.82, 2.24) is 15.2 Å². The first-order valence-corrected chi connectivity index (χ1v) is 7.56. The van der Waals surface area contributed by atoms with Gasteiger partial charge in [-0.3, -0.25) is 14.9 Å². The van der Waals surface area contributed by atoms with Gasteiger partial charge in [0, 0.05) is 12.4 Å². The molecule has 8 nitrogen and oxygen atoms in total. The van der Waals surface area contributed by atoms with Gasteiger partial charge in [-0.05, 0) is 37.3 Å². The third-order valence-electron chi connectivity index (χ3n) is 3.49. The van der Waals surface area contributed by atoms with Gasteiger partial charge in [-0.15, -0.1) is 0 Å². The highest BCUT2D eigenvalue weighted by Crippen LogP contribution is 2.14. The van der Waals surface area contributed by atoms with Crippen LogP contribution in [0.25, 0.3) is 0 Å². The number of carbonyl (C=O) groups is 2. The number of nitrogens with zero attached hydrogens (tertiary/aromatic N) is 3. The lowest BCUT2D eigenvalue weighted by Gasteiger charge is -2.20. The maximum absolute atomic E-state index is 12.3. The monoisotopic (exact) mass is 339 g/mol. The summed E-state index contributed by atoms with van der Waals surface area (Å²) in [7, 11) is 0. The van der Waals surface area contributed by atoms with Crippen LogP contribution in [0.1, 0.15) is 21.9 Å². The largest absolute Gasteiger partial charge is 0.454 e. The average Bonchev–Trinajstić information content (AvgIpc) is 3.25. The van der Waals surface area contributed by atoms with E-state index in [0.29, 0.717) is 18.0 Å². The summed E-state index contributed by atoms with van der Waals surface area (Å²) in [5.74, 6) is 0.0569. The highest BCUT2D eigenvalue weighted by Gasteiger charge is 2.19. The predicted molar refractivity (Wildman–Crippen MR) is 90.7 cm³/mol. The van der Waals surface area contributed by atoms with Crippen LogP contribution in [0, 0.1) is 6.92 Å². The summed E-state index contributed by atoms with van der Waals surface area (Å²) in [6.07, 6.45) is 3.44. The van der Waals surface area contributed by atoms with E-state index in [2.05, 4.69) is 10.5 Å². The number of urea groups is 1. The molecule has 0 aliphatic rings. The van der Waals surface area contributed by atoms with Crippen molar-refractivity contribution in [2.75, 3.05) is 5.01 Å². The predicted octanol–water partition coefficient (Wildman–Crippen LogP) is 2.06. The number of primary amides is 1. The number of aromatic nitrogens is 2. The fourth-order valence-corrected chi connectivity index (χ4v) is 2.24. The molecular weight excluding hydrogens is 322 g/mol. The lowest BCUT2D eigenvalue weighted by molar-refractivity contribution is 0.0921. The number of nitrogens with one attached hydrogen (secondary N) is 1. The summed E-state index contributed by atoms with van der Waals surface area (Å²) in [6.45, 7) is 2.32. The van der Waals surface area contributed by atoms with Crippen molar-refractivity contribution >= 4 is 17.6 Å². The maximum atomic E-state index is 12.3. The Bertz CT molecular complexity index is 868. The minimum Gasteiger partial charge on any atom is -0.454 e. The quantitative estimate of drug-likeness (QED) is 0.710. The number of amides is 3. The summed E-state index contributed by atoms with van der Waals surface area (Å²) in [5.41, 5.74) is 9.28. The number of hydrogen-bond donors (Lipinski definition) is 2.